The van der Waals surface area contributed by atoms with E-state index in [4.69, 9.17) is 5.73 Å². The van der Waals surface area contributed by atoms with Crippen LogP contribution < -0.4 is 11.1 Å². The van der Waals surface area contributed by atoms with Crippen LogP contribution in [0.2, 0.25) is 0 Å². The zero-order valence-corrected chi connectivity index (χ0v) is 11.9. The normalized spacial score (nSPS) is 18.4. The third-order valence-corrected chi connectivity index (χ3v) is 4.37. The Morgan fingerprint density at radius 2 is 1.83 bits per heavy atom. The molecule has 1 aliphatic rings. The maximum Gasteiger partial charge on any atom is 0.0314 e. The van der Waals surface area contributed by atoms with E-state index in [0.717, 1.165) is 18.8 Å². The summed E-state index contributed by atoms with van der Waals surface area (Å²) in [7, 11) is 0. The quantitative estimate of drug-likeness (QED) is 0.782. The number of nitrogens with two attached hydrogens (primary N) is 1. The summed E-state index contributed by atoms with van der Waals surface area (Å²) in [5, 5.41) is 3.65. The van der Waals surface area contributed by atoms with Gasteiger partial charge in [0.2, 0.25) is 0 Å². The summed E-state index contributed by atoms with van der Waals surface area (Å²) in [6.07, 6.45) is 4.16. The van der Waals surface area contributed by atoms with E-state index in [-0.39, 0.29) is 5.41 Å². The lowest BCUT2D eigenvalue weighted by Crippen LogP contribution is -2.42. The Hall–Kier alpha value is -1.02. The Morgan fingerprint density at radius 3 is 2.33 bits per heavy atom. The Morgan fingerprint density at radius 1 is 1.22 bits per heavy atom. The number of benzene rings is 1. The van der Waals surface area contributed by atoms with Gasteiger partial charge < -0.3 is 11.1 Å². The number of rotatable bonds is 5. The van der Waals surface area contributed by atoms with E-state index in [9.17, 15) is 0 Å². The fourth-order valence-electron chi connectivity index (χ4n) is 2.67. The van der Waals surface area contributed by atoms with Crippen molar-refractivity contribution in [2.75, 3.05) is 18.8 Å². The van der Waals surface area contributed by atoms with E-state index < -0.39 is 0 Å². The fraction of sp³-hybridized carbons (Fsp3) is 0.625. The molecule has 0 saturated heterocycles. The molecule has 0 radical (unpaired) electrons. The van der Waals surface area contributed by atoms with Crippen molar-refractivity contribution in [3.63, 3.8) is 0 Å². The molecule has 2 heteroatoms. The second-order valence-electron chi connectivity index (χ2n) is 6.77. The molecule has 18 heavy (non-hydrogen) atoms. The highest BCUT2D eigenvalue weighted by atomic mass is 14.9. The standard InChI is InChI=1S/C16H26N2/c1-15(2,13-5-7-14(17)8-6-13)11-18-12-16(3)9-4-10-16/h5-8,18H,4,9-12,17H2,1-3H3. The average Bonchev–Trinajstić information content (AvgIpc) is 2.27. The minimum atomic E-state index is 0.161. The molecule has 1 saturated carbocycles. The van der Waals surface area contributed by atoms with Gasteiger partial charge in [-0.3, -0.25) is 0 Å². The second kappa shape index (κ2) is 4.93. The Balaban J connectivity index is 1.88. The maximum absolute atomic E-state index is 5.74. The van der Waals surface area contributed by atoms with Crippen LogP contribution in [0.1, 0.15) is 45.6 Å². The predicted octanol–water partition coefficient (Wildman–Crippen LogP) is 3.33. The molecule has 0 aliphatic heterocycles. The molecule has 0 spiro atoms. The molecule has 100 valence electrons. The summed E-state index contributed by atoms with van der Waals surface area (Å²) in [5.41, 5.74) is 8.64. The predicted molar refractivity (Wildman–Crippen MR) is 78.7 cm³/mol. The molecule has 0 amide bonds. The summed E-state index contributed by atoms with van der Waals surface area (Å²) in [6, 6.07) is 8.26. The molecular weight excluding hydrogens is 220 g/mol. The first-order valence-corrected chi connectivity index (χ1v) is 6.98. The van der Waals surface area contributed by atoms with Gasteiger partial charge in [0, 0.05) is 24.2 Å². The monoisotopic (exact) mass is 246 g/mol. The lowest BCUT2D eigenvalue weighted by molar-refractivity contribution is 0.154. The molecule has 0 atom stereocenters. The van der Waals surface area contributed by atoms with Gasteiger partial charge in [-0.1, -0.05) is 39.3 Å². The Bertz CT molecular complexity index is 388. The molecule has 2 nitrogen and oxygen atoms in total. The maximum atomic E-state index is 5.74. The van der Waals surface area contributed by atoms with Gasteiger partial charge in [-0.25, -0.2) is 0 Å². The summed E-state index contributed by atoms with van der Waals surface area (Å²) in [5.74, 6) is 0. The highest BCUT2D eigenvalue weighted by molar-refractivity contribution is 5.41. The molecule has 3 N–H and O–H groups in total. The van der Waals surface area contributed by atoms with Crippen molar-refractivity contribution in [2.24, 2.45) is 5.41 Å². The SMILES string of the molecule is CC1(CNCC(C)(C)c2ccc(N)cc2)CCC1. The Labute approximate surface area is 111 Å². The van der Waals surface area contributed by atoms with Crippen LogP contribution in [0.4, 0.5) is 5.69 Å². The van der Waals surface area contributed by atoms with Crippen LogP contribution in [0.5, 0.6) is 0 Å². The van der Waals surface area contributed by atoms with Gasteiger partial charge in [-0.2, -0.15) is 0 Å². The first-order chi connectivity index (χ1) is 8.41. The molecular formula is C16H26N2. The van der Waals surface area contributed by atoms with Crippen LogP contribution in [-0.4, -0.2) is 13.1 Å². The molecule has 0 aromatic heterocycles. The van der Waals surface area contributed by atoms with Gasteiger partial charge >= 0.3 is 0 Å². The molecule has 1 aromatic carbocycles. The van der Waals surface area contributed by atoms with Crippen molar-refractivity contribution in [3.8, 4) is 0 Å². The highest BCUT2D eigenvalue weighted by Crippen LogP contribution is 2.39. The Kier molecular flexibility index (Phi) is 3.67. The van der Waals surface area contributed by atoms with Crippen LogP contribution in [0.25, 0.3) is 0 Å². The molecule has 0 bridgehead atoms. The third kappa shape index (κ3) is 3.05. The van der Waals surface area contributed by atoms with Crippen LogP contribution in [0.3, 0.4) is 0 Å². The van der Waals surface area contributed by atoms with Crippen molar-refractivity contribution in [2.45, 2.75) is 45.4 Å². The van der Waals surface area contributed by atoms with Gasteiger partial charge in [-0.05, 0) is 36.0 Å². The first kappa shape index (κ1) is 13.4. The molecule has 1 fully saturated rings. The second-order valence-corrected chi connectivity index (χ2v) is 6.77. The number of hydrogen-bond acceptors (Lipinski definition) is 2. The van der Waals surface area contributed by atoms with Crippen LogP contribution in [-0.2, 0) is 5.41 Å². The van der Waals surface area contributed by atoms with Crippen molar-refractivity contribution in [1.29, 1.82) is 0 Å². The van der Waals surface area contributed by atoms with Crippen LogP contribution in [0, 0.1) is 5.41 Å². The summed E-state index contributed by atoms with van der Waals surface area (Å²) >= 11 is 0. The number of nitrogen functional groups attached to an aromatic ring is 1. The lowest BCUT2D eigenvalue weighted by Gasteiger charge is -2.39. The van der Waals surface area contributed by atoms with E-state index >= 15 is 0 Å². The van der Waals surface area contributed by atoms with Crippen molar-refractivity contribution < 1.29 is 0 Å². The van der Waals surface area contributed by atoms with E-state index in [2.05, 4.69) is 38.2 Å². The summed E-state index contributed by atoms with van der Waals surface area (Å²) in [6.45, 7) is 9.13. The summed E-state index contributed by atoms with van der Waals surface area (Å²) in [4.78, 5) is 0. The number of hydrogen-bond donors (Lipinski definition) is 2. The molecule has 0 heterocycles. The smallest absolute Gasteiger partial charge is 0.0314 e. The molecule has 1 aromatic rings. The number of anilines is 1. The molecule has 1 aliphatic carbocycles. The fourth-order valence-corrected chi connectivity index (χ4v) is 2.67. The van der Waals surface area contributed by atoms with E-state index in [1.165, 1.54) is 24.8 Å². The van der Waals surface area contributed by atoms with E-state index in [1.807, 2.05) is 12.1 Å². The average molecular weight is 246 g/mol. The van der Waals surface area contributed by atoms with Gasteiger partial charge in [0.05, 0.1) is 0 Å². The first-order valence-electron chi connectivity index (χ1n) is 6.98. The van der Waals surface area contributed by atoms with Crippen molar-refractivity contribution in [1.82, 2.24) is 5.32 Å². The van der Waals surface area contributed by atoms with Crippen molar-refractivity contribution in [3.05, 3.63) is 29.8 Å². The molecule has 0 unspecified atom stereocenters. The zero-order chi connectivity index (χ0) is 13.2. The minimum Gasteiger partial charge on any atom is -0.399 e. The largest absolute Gasteiger partial charge is 0.399 e. The van der Waals surface area contributed by atoms with E-state index in [0.29, 0.717) is 5.41 Å². The minimum absolute atomic E-state index is 0.161. The summed E-state index contributed by atoms with van der Waals surface area (Å²) < 4.78 is 0. The van der Waals surface area contributed by atoms with E-state index in [1.54, 1.807) is 0 Å². The highest BCUT2D eigenvalue weighted by Gasteiger charge is 2.31. The van der Waals surface area contributed by atoms with Gasteiger partial charge in [0.15, 0.2) is 0 Å². The van der Waals surface area contributed by atoms with Crippen LogP contribution in [0.15, 0.2) is 24.3 Å². The van der Waals surface area contributed by atoms with Gasteiger partial charge in [0.1, 0.15) is 0 Å². The topological polar surface area (TPSA) is 38.0 Å². The van der Waals surface area contributed by atoms with Crippen LogP contribution >= 0.6 is 0 Å². The zero-order valence-electron chi connectivity index (χ0n) is 11.9. The van der Waals surface area contributed by atoms with Gasteiger partial charge in [-0.15, -0.1) is 0 Å². The lowest BCUT2D eigenvalue weighted by atomic mass is 9.70. The van der Waals surface area contributed by atoms with Crippen molar-refractivity contribution >= 4 is 5.69 Å². The van der Waals surface area contributed by atoms with Gasteiger partial charge in [0.25, 0.3) is 0 Å². The molecule has 2 rings (SSSR count). The third-order valence-electron chi connectivity index (χ3n) is 4.37. The number of nitrogens with one attached hydrogen (secondary N) is 1.